The molecule has 0 aliphatic carbocycles. The Balaban J connectivity index is 1.54. The van der Waals surface area contributed by atoms with Crippen molar-refractivity contribution in [2.45, 2.75) is 38.7 Å². The second-order valence-corrected chi connectivity index (χ2v) is 8.62. The van der Waals surface area contributed by atoms with Gasteiger partial charge in [0.2, 0.25) is 11.8 Å². The highest BCUT2D eigenvalue weighted by molar-refractivity contribution is 7.99. The van der Waals surface area contributed by atoms with Gasteiger partial charge in [-0.3, -0.25) is 9.59 Å². The molecule has 0 bridgehead atoms. The molecular formula is C25H28N4O5S. The minimum Gasteiger partial charge on any atom is -0.462 e. The number of anilines is 1. The molecule has 2 aromatic carbocycles. The van der Waals surface area contributed by atoms with E-state index in [-0.39, 0.29) is 37.3 Å². The number of aliphatic hydroxyl groups is 1. The molecule has 0 spiro atoms. The first-order valence-electron chi connectivity index (χ1n) is 11.1. The van der Waals surface area contributed by atoms with Crippen LogP contribution < -0.4 is 10.6 Å². The van der Waals surface area contributed by atoms with E-state index in [0.717, 1.165) is 22.9 Å². The van der Waals surface area contributed by atoms with Gasteiger partial charge in [-0.1, -0.05) is 41.6 Å². The van der Waals surface area contributed by atoms with Crippen LogP contribution in [0.25, 0.3) is 0 Å². The molecule has 3 N–H and O–H groups in total. The number of benzene rings is 2. The van der Waals surface area contributed by atoms with Crippen LogP contribution in [-0.4, -0.2) is 44.8 Å². The summed E-state index contributed by atoms with van der Waals surface area (Å²) >= 11 is 1.16. The average molecular weight is 497 g/mol. The molecule has 0 saturated heterocycles. The van der Waals surface area contributed by atoms with Gasteiger partial charge in [0.1, 0.15) is 6.54 Å². The lowest BCUT2D eigenvalue weighted by Crippen LogP contribution is -2.28. The predicted octanol–water partition coefficient (Wildman–Crippen LogP) is 2.91. The van der Waals surface area contributed by atoms with Gasteiger partial charge in [-0.15, -0.1) is 0 Å². The molecule has 184 valence electrons. The molecule has 10 heteroatoms. The van der Waals surface area contributed by atoms with Gasteiger partial charge in [0.05, 0.1) is 36.4 Å². The van der Waals surface area contributed by atoms with E-state index in [2.05, 4.69) is 15.6 Å². The number of carbonyl (C=O) groups is 3. The SMILES string of the molecule is CCOC(=O)c1ccc(NC(=O)CSc2ncc(CO)n2CC(=O)NCc2ccc(C)cc2)cc1. The highest BCUT2D eigenvalue weighted by atomic mass is 32.2. The lowest BCUT2D eigenvalue weighted by atomic mass is 10.1. The zero-order valence-electron chi connectivity index (χ0n) is 19.6. The fraction of sp³-hybridized carbons (Fsp3) is 0.280. The summed E-state index contributed by atoms with van der Waals surface area (Å²) in [5, 5.41) is 15.7. The van der Waals surface area contributed by atoms with Crippen LogP contribution in [0.3, 0.4) is 0 Å². The van der Waals surface area contributed by atoms with Crippen LogP contribution in [0.5, 0.6) is 0 Å². The third kappa shape index (κ3) is 7.69. The highest BCUT2D eigenvalue weighted by Crippen LogP contribution is 2.20. The van der Waals surface area contributed by atoms with Crippen molar-refractivity contribution in [3.63, 3.8) is 0 Å². The van der Waals surface area contributed by atoms with Crippen LogP contribution in [0.4, 0.5) is 5.69 Å². The largest absolute Gasteiger partial charge is 0.462 e. The summed E-state index contributed by atoms with van der Waals surface area (Å²) in [7, 11) is 0. The van der Waals surface area contributed by atoms with Gasteiger partial charge in [0, 0.05) is 12.2 Å². The van der Waals surface area contributed by atoms with Crippen molar-refractivity contribution >= 4 is 35.2 Å². The van der Waals surface area contributed by atoms with E-state index in [1.165, 1.54) is 6.20 Å². The number of carbonyl (C=O) groups excluding carboxylic acids is 3. The van der Waals surface area contributed by atoms with Gasteiger partial charge in [-0.05, 0) is 43.7 Å². The molecule has 0 saturated carbocycles. The average Bonchev–Trinajstić information content (AvgIpc) is 3.24. The molecule has 0 atom stereocenters. The maximum absolute atomic E-state index is 12.5. The Morgan fingerprint density at radius 2 is 1.77 bits per heavy atom. The number of ether oxygens (including phenoxy) is 1. The molecule has 3 rings (SSSR count). The lowest BCUT2D eigenvalue weighted by molar-refractivity contribution is -0.122. The Kier molecular flexibility index (Phi) is 9.45. The van der Waals surface area contributed by atoms with E-state index < -0.39 is 5.97 Å². The second kappa shape index (κ2) is 12.7. The van der Waals surface area contributed by atoms with Crippen molar-refractivity contribution in [1.82, 2.24) is 14.9 Å². The number of esters is 1. The van der Waals surface area contributed by atoms with Gasteiger partial charge >= 0.3 is 5.97 Å². The standard InChI is InChI=1S/C25H28N4O5S/c1-3-34-24(33)19-8-10-20(11-9-19)28-23(32)16-35-25-27-13-21(15-30)29(25)14-22(31)26-12-18-6-4-17(2)5-7-18/h4-11,13,30H,3,12,14-16H2,1-2H3,(H,26,31)(H,28,32). The third-order valence-electron chi connectivity index (χ3n) is 4.99. The van der Waals surface area contributed by atoms with E-state index in [1.54, 1.807) is 35.8 Å². The molecule has 0 fully saturated rings. The fourth-order valence-corrected chi connectivity index (χ4v) is 3.94. The Labute approximate surface area is 207 Å². The Bertz CT molecular complexity index is 1160. The van der Waals surface area contributed by atoms with Crippen molar-refractivity contribution in [1.29, 1.82) is 0 Å². The number of nitrogens with zero attached hydrogens (tertiary/aromatic N) is 2. The number of thioether (sulfide) groups is 1. The molecule has 0 unspecified atom stereocenters. The fourth-order valence-electron chi connectivity index (χ4n) is 3.14. The number of aromatic nitrogens is 2. The van der Waals surface area contributed by atoms with Crippen molar-refractivity contribution in [3.05, 3.63) is 77.1 Å². The van der Waals surface area contributed by atoms with Crippen LogP contribution >= 0.6 is 11.8 Å². The molecule has 1 heterocycles. The maximum Gasteiger partial charge on any atom is 0.338 e. The number of aliphatic hydroxyl groups excluding tert-OH is 1. The molecule has 9 nitrogen and oxygen atoms in total. The minimum absolute atomic E-state index is 0.0268. The van der Waals surface area contributed by atoms with E-state index in [9.17, 15) is 19.5 Å². The van der Waals surface area contributed by atoms with Gasteiger partial charge in [0.15, 0.2) is 5.16 Å². The Morgan fingerprint density at radius 1 is 1.06 bits per heavy atom. The number of rotatable bonds is 11. The lowest BCUT2D eigenvalue weighted by Gasteiger charge is -2.11. The first-order valence-corrected chi connectivity index (χ1v) is 12.1. The molecule has 2 amide bonds. The first-order chi connectivity index (χ1) is 16.9. The molecule has 1 aromatic heterocycles. The zero-order valence-corrected chi connectivity index (χ0v) is 20.4. The molecular weight excluding hydrogens is 468 g/mol. The predicted molar refractivity (Wildman–Crippen MR) is 133 cm³/mol. The number of amides is 2. The smallest absolute Gasteiger partial charge is 0.338 e. The summed E-state index contributed by atoms with van der Waals surface area (Å²) < 4.78 is 6.54. The monoisotopic (exact) mass is 496 g/mol. The summed E-state index contributed by atoms with van der Waals surface area (Å²) in [4.78, 5) is 40.9. The summed E-state index contributed by atoms with van der Waals surface area (Å²) in [6.07, 6.45) is 1.49. The number of imidazole rings is 1. The van der Waals surface area contributed by atoms with E-state index in [0.29, 0.717) is 28.6 Å². The van der Waals surface area contributed by atoms with E-state index >= 15 is 0 Å². The summed E-state index contributed by atoms with van der Waals surface area (Å²) in [6, 6.07) is 14.3. The first kappa shape index (κ1) is 26.0. The van der Waals surface area contributed by atoms with Gasteiger partial charge < -0.3 is 25.0 Å². The Hall–Kier alpha value is -3.63. The minimum atomic E-state index is -0.421. The number of hydrogen-bond donors (Lipinski definition) is 3. The highest BCUT2D eigenvalue weighted by Gasteiger charge is 2.15. The molecule has 0 aliphatic heterocycles. The zero-order chi connectivity index (χ0) is 25.2. The summed E-state index contributed by atoms with van der Waals surface area (Å²) in [5.41, 5.74) is 3.55. The van der Waals surface area contributed by atoms with Gasteiger partial charge in [0.25, 0.3) is 0 Å². The van der Waals surface area contributed by atoms with Crippen LogP contribution in [-0.2, 0) is 34.0 Å². The van der Waals surface area contributed by atoms with Gasteiger partial charge in [-0.25, -0.2) is 9.78 Å². The van der Waals surface area contributed by atoms with Crippen molar-refractivity contribution in [2.24, 2.45) is 0 Å². The topological polar surface area (TPSA) is 123 Å². The van der Waals surface area contributed by atoms with Gasteiger partial charge in [-0.2, -0.15) is 0 Å². The summed E-state index contributed by atoms with van der Waals surface area (Å²) in [5.74, 6) is -0.878. The number of nitrogens with one attached hydrogen (secondary N) is 2. The van der Waals surface area contributed by atoms with Crippen molar-refractivity contribution < 1.29 is 24.2 Å². The van der Waals surface area contributed by atoms with Crippen molar-refractivity contribution in [2.75, 3.05) is 17.7 Å². The Morgan fingerprint density at radius 3 is 2.43 bits per heavy atom. The maximum atomic E-state index is 12.5. The molecule has 0 aliphatic rings. The quantitative estimate of drug-likeness (QED) is 0.276. The van der Waals surface area contributed by atoms with Crippen LogP contribution in [0.15, 0.2) is 59.9 Å². The van der Waals surface area contributed by atoms with E-state index in [1.807, 2.05) is 31.2 Å². The van der Waals surface area contributed by atoms with Crippen LogP contribution in [0, 0.1) is 6.92 Å². The molecule has 3 aromatic rings. The number of aryl methyl sites for hydroxylation is 1. The molecule has 0 radical (unpaired) electrons. The van der Waals surface area contributed by atoms with E-state index in [4.69, 9.17) is 4.74 Å². The summed E-state index contributed by atoms with van der Waals surface area (Å²) in [6.45, 7) is 4.10. The molecule has 35 heavy (non-hydrogen) atoms. The van der Waals surface area contributed by atoms with Crippen LogP contribution in [0.1, 0.15) is 34.1 Å². The second-order valence-electron chi connectivity index (χ2n) is 7.67. The van der Waals surface area contributed by atoms with Crippen LogP contribution in [0.2, 0.25) is 0 Å². The van der Waals surface area contributed by atoms with Crippen molar-refractivity contribution in [3.8, 4) is 0 Å². The number of hydrogen-bond acceptors (Lipinski definition) is 7. The third-order valence-corrected chi connectivity index (χ3v) is 5.98. The normalized spacial score (nSPS) is 10.6.